The SMILES string of the molecule is CC(C)(C)OC(=O)N1CC(O)CC1C(=O)Nc1cc(C(C)(C)C)no1. The Morgan fingerprint density at radius 1 is 1.32 bits per heavy atom. The van der Waals surface area contributed by atoms with Crippen LogP contribution in [0.4, 0.5) is 10.7 Å². The highest BCUT2D eigenvalue weighted by atomic mass is 16.6. The van der Waals surface area contributed by atoms with Gasteiger partial charge in [-0.05, 0) is 20.8 Å². The number of ether oxygens (including phenoxy) is 1. The molecule has 140 valence electrons. The lowest BCUT2D eigenvalue weighted by atomic mass is 9.92. The zero-order chi connectivity index (χ0) is 19.0. The summed E-state index contributed by atoms with van der Waals surface area (Å²) in [5.41, 5.74) is -0.185. The van der Waals surface area contributed by atoms with Gasteiger partial charge in [0.2, 0.25) is 11.8 Å². The molecule has 1 aromatic rings. The van der Waals surface area contributed by atoms with E-state index in [1.165, 1.54) is 4.90 Å². The van der Waals surface area contributed by atoms with Crippen molar-refractivity contribution in [2.75, 3.05) is 11.9 Å². The summed E-state index contributed by atoms with van der Waals surface area (Å²) in [6.07, 6.45) is -1.26. The van der Waals surface area contributed by atoms with Crippen molar-refractivity contribution in [1.82, 2.24) is 10.1 Å². The van der Waals surface area contributed by atoms with Gasteiger partial charge in [0.15, 0.2) is 0 Å². The van der Waals surface area contributed by atoms with Crippen molar-refractivity contribution in [3.05, 3.63) is 11.8 Å². The summed E-state index contributed by atoms with van der Waals surface area (Å²) >= 11 is 0. The van der Waals surface area contributed by atoms with Crippen molar-refractivity contribution in [3.63, 3.8) is 0 Å². The molecule has 1 fully saturated rings. The Balaban J connectivity index is 2.08. The summed E-state index contributed by atoms with van der Waals surface area (Å²) in [6, 6.07) is 0.828. The maximum absolute atomic E-state index is 12.5. The quantitative estimate of drug-likeness (QED) is 0.845. The molecule has 0 saturated carbocycles. The largest absolute Gasteiger partial charge is 0.444 e. The molecule has 0 aliphatic carbocycles. The number of amides is 2. The maximum atomic E-state index is 12.5. The number of nitrogens with one attached hydrogen (secondary N) is 1. The zero-order valence-corrected chi connectivity index (χ0v) is 15.6. The lowest BCUT2D eigenvalue weighted by Gasteiger charge is -2.27. The summed E-state index contributed by atoms with van der Waals surface area (Å²) in [5, 5.41) is 16.4. The fourth-order valence-electron chi connectivity index (χ4n) is 2.48. The van der Waals surface area contributed by atoms with Gasteiger partial charge in [-0.1, -0.05) is 25.9 Å². The Morgan fingerprint density at radius 3 is 2.48 bits per heavy atom. The lowest BCUT2D eigenvalue weighted by molar-refractivity contribution is -0.120. The Labute approximate surface area is 147 Å². The second-order valence-corrected chi connectivity index (χ2v) is 8.35. The number of likely N-dealkylation sites (tertiary alicyclic amines) is 1. The predicted molar refractivity (Wildman–Crippen MR) is 91.2 cm³/mol. The molecule has 8 heteroatoms. The number of rotatable bonds is 2. The minimum absolute atomic E-state index is 0.0522. The molecule has 0 bridgehead atoms. The summed E-state index contributed by atoms with van der Waals surface area (Å²) in [5.74, 6) is -0.237. The number of hydrogen-bond donors (Lipinski definition) is 2. The van der Waals surface area contributed by atoms with Crippen LogP contribution in [0.5, 0.6) is 0 Å². The normalized spacial score (nSPS) is 21.3. The number of anilines is 1. The summed E-state index contributed by atoms with van der Waals surface area (Å²) in [7, 11) is 0. The molecule has 8 nitrogen and oxygen atoms in total. The van der Waals surface area contributed by atoms with E-state index in [-0.39, 0.29) is 24.3 Å². The lowest BCUT2D eigenvalue weighted by Crippen LogP contribution is -2.45. The third-order valence-corrected chi connectivity index (χ3v) is 3.73. The average Bonchev–Trinajstić information content (AvgIpc) is 3.02. The molecule has 1 saturated heterocycles. The molecular weight excluding hydrogens is 326 g/mol. The fourth-order valence-corrected chi connectivity index (χ4v) is 2.48. The highest BCUT2D eigenvalue weighted by Gasteiger charge is 2.41. The van der Waals surface area contributed by atoms with Gasteiger partial charge in [-0.3, -0.25) is 15.0 Å². The molecule has 2 unspecified atom stereocenters. The first kappa shape index (κ1) is 19.2. The van der Waals surface area contributed by atoms with Gasteiger partial charge in [-0.2, -0.15) is 0 Å². The van der Waals surface area contributed by atoms with E-state index in [0.717, 1.165) is 0 Å². The average molecular weight is 353 g/mol. The molecule has 2 heterocycles. The van der Waals surface area contributed by atoms with Crippen LogP contribution >= 0.6 is 0 Å². The van der Waals surface area contributed by atoms with Crippen LogP contribution in [-0.2, 0) is 14.9 Å². The van der Waals surface area contributed by atoms with E-state index < -0.39 is 29.7 Å². The van der Waals surface area contributed by atoms with Gasteiger partial charge in [-0.15, -0.1) is 0 Å². The van der Waals surface area contributed by atoms with E-state index in [2.05, 4.69) is 10.5 Å². The van der Waals surface area contributed by atoms with Crippen molar-refractivity contribution in [1.29, 1.82) is 0 Å². The van der Waals surface area contributed by atoms with Gasteiger partial charge in [-0.25, -0.2) is 4.79 Å². The second kappa shape index (κ2) is 6.67. The number of aromatic nitrogens is 1. The van der Waals surface area contributed by atoms with Gasteiger partial charge in [0.05, 0.1) is 18.3 Å². The maximum Gasteiger partial charge on any atom is 0.411 e. The topological polar surface area (TPSA) is 105 Å². The monoisotopic (exact) mass is 353 g/mol. The molecular formula is C17H27N3O5. The molecule has 0 radical (unpaired) electrons. The minimum Gasteiger partial charge on any atom is -0.444 e. The summed E-state index contributed by atoms with van der Waals surface area (Å²) in [6.45, 7) is 11.2. The number of carbonyl (C=O) groups is 2. The number of hydrogen-bond acceptors (Lipinski definition) is 6. The number of carbonyl (C=O) groups excluding carboxylic acids is 2. The van der Waals surface area contributed by atoms with Crippen LogP contribution in [0.2, 0.25) is 0 Å². The van der Waals surface area contributed by atoms with E-state index >= 15 is 0 Å². The molecule has 1 aromatic heterocycles. The van der Waals surface area contributed by atoms with Crippen LogP contribution in [0.3, 0.4) is 0 Å². The first-order chi connectivity index (χ1) is 11.4. The molecule has 1 aliphatic heterocycles. The van der Waals surface area contributed by atoms with Crippen molar-refractivity contribution >= 4 is 17.9 Å². The number of nitrogens with zero attached hydrogens (tertiary/aromatic N) is 2. The summed E-state index contributed by atoms with van der Waals surface area (Å²) < 4.78 is 10.5. The minimum atomic E-state index is -0.826. The Kier molecular flexibility index (Phi) is 5.13. The van der Waals surface area contributed by atoms with Gasteiger partial charge >= 0.3 is 6.09 Å². The van der Waals surface area contributed by atoms with Crippen LogP contribution in [-0.4, -0.2) is 51.5 Å². The first-order valence-corrected chi connectivity index (χ1v) is 8.32. The smallest absolute Gasteiger partial charge is 0.411 e. The van der Waals surface area contributed by atoms with Crippen molar-refractivity contribution < 1.29 is 24.0 Å². The van der Waals surface area contributed by atoms with Crippen LogP contribution in [0, 0.1) is 0 Å². The van der Waals surface area contributed by atoms with Gasteiger partial charge in [0, 0.05) is 17.9 Å². The molecule has 0 aromatic carbocycles. The van der Waals surface area contributed by atoms with Gasteiger partial charge < -0.3 is 14.4 Å². The second-order valence-electron chi connectivity index (χ2n) is 8.35. The van der Waals surface area contributed by atoms with Crippen molar-refractivity contribution in [2.45, 2.75) is 71.1 Å². The fraction of sp³-hybridized carbons (Fsp3) is 0.706. The molecule has 2 N–H and O–H groups in total. The van der Waals surface area contributed by atoms with Crippen LogP contribution in [0.15, 0.2) is 10.6 Å². The molecule has 1 aliphatic rings. The van der Waals surface area contributed by atoms with Crippen LogP contribution in [0.1, 0.15) is 53.7 Å². The third kappa shape index (κ3) is 4.94. The van der Waals surface area contributed by atoms with E-state index in [4.69, 9.17) is 9.26 Å². The van der Waals surface area contributed by atoms with E-state index in [1.54, 1.807) is 26.8 Å². The standard InChI is InChI=1S/C17H27N3O5/c1-16(2,3)12-8-13(25-19-12)18-14(22)11-7-10(21)9-20(11)15(23)24-17(4,5)6/h8,10-11,21H,7,9H2,1-6H3,(H,18,22). The molecule has 25 heavy (non-hydrogen) atoms. The van der Waals surface area contributed by atoms with Gasteiger partial charge in [0.1, 0.15) is 11.6 Å². The highest BCUT2D eigenvalue weighted by Crippen LogP contribution is 2.26. The third-order valence-electron chi connectivity index (χ3n) is 3.73. The Hall–Kier alpha value is -2.09. The van der Waals surface area contributed by atoms with Gasteiger partial charge in [0.25, 0.3) is 0 Å². The first-order valence-electron chi connectivity index (χ1n) is 8.32. The Morgan fingerprint density at radius 2 is 1.96 bits per heavy atom. The predicted octanol–water partition coefficient (Wildman–Crippen LogP) is 2.28. The molecule has 2 amide bonds. The van der Waals surface area contributed by atoms with E-state index in [9.17, 15) is 14.7 Å². The van der Waals surface area contributed by atoms with Crippen molar-refractivity contribution in [3.8, 4) is 0 Å². The summed E-state index contributed by atoms with van der Waals surface area (Å²) in [4.78, 5) is 26.1. The van der Waals surface area contributed by atoms with E-state index in [1.807, 2.05) is 20.8 Å². The number of aliphatic hydroxyl groups excluding tert-OH is 1. The molecule has 2 rings (SSSR count). The zero-order valence-electron chi connectivity index (χ0n) is 15.6. The number of aliphatic hydroxyl groups is 1. The van der Waals surface area contributed by atoms with Crippen LogP contribution in [0.25, 0.3) is 0 Å². The van der Waals surface area contributed by atoms with E-state index in [0.29, 0.717) is 5.69 Å². The van der Waals surface area contributed by atoms with Crippen LogP contribution < -0.4 is 5.32 Å². The Bertz CT molecular complexity index is 641. The molecule has 0 spiro atoms. The highest BCUT2D eigenvalue weighted by molar-refractivity contribution is 5.96. The molecule has 2 atom stereocenters. The number of β-amino-alcohol motifs (C(OH)–C–C–N with tert-alkyl or cyclic N) is 1. The van der Waals surface area contributed by atoms with Crippen molar-refractivity contribution in [2.24, 2.45) is 0 Å².